The van der Waals surface area contributed by atoms with Crippen LogP contribution in [0, 0.1) is 6.92 Å². The molecule has 0 bridgehead atoms. The molecule has 1 aromatic rings. The molecule has 3 nitrogen and oxygen atoms in total. The molecule has 0 aliphatic carbocycles. The van der Waals surface area contributed by atoms with Crippen molar-refractivity contribution in [2.24, 2.45) is 0 Å². The van der Waals surface area contributed by atoms with Gasteiger partial charge in [-0.2, -0.15) is 0 Å². The highest BCUT2D eigenvalue weighted by Crippen LogP contribution is 2.53. The lowest BCUT2D eigenvalue weighted by Gasteiger charge is -2.33. The highest BCUT2D eigenvalue weighted by molar-refractivity contribution is 8.52. The minimum absolute atomic E-state index is 0.193. The summed E-state index contributed by atoms with van der Waals surface area (Å²) in [4.78, 5) is 19.6. The Bertz CT molecular complexity index is 499. The SMILES string of the molecule is Cc1cc(SP(O)O)c(C(C)(C)C)c(C(C)(C)C)c1O. The molecular formula is C15H25O3PS. The number of hydrogen-bond donors (Lipinski definition) is 3. The van der Waals surface area contributed by atoms with Crippen LogP contribution in [-0.2, 0) is 10.8 Å². The first-order valence-electron chi connectivity index (χ1n) is 6.59. The van der Waals surface area contributed by atoms with Gasteiger partial charge in [-0.1, -0.05) is 41.5 Å². The van der Waals surface area contributed by atoms with Crippen LogP contribution in [-0.4, -0.2) is 14.9 Å². The fourth-order valence-corrected chi connectivity index (χ4v) is 4.28. The van der Waals surface area contributed by atoms with E-state index in [1.54, 1.807) is 0 Å². The standard InChI is InChI=1S/C15H25O3PS/c1-9-8-10(20-19(17)18)11(14(2,3)4)12(13(9)16)15(5,6)7/h8,16-18H,1-7H3. The molecule has 0 aromatic heterocycles. The van der Waals surface area contributed by atoms with Crippen molar-refractivity contribution in [3.05, 3.63) is 22.8 Å². The molecule has 0 amide bonds. The van der Waals surface area contributed by atoms with Crippen molar-refractivity contribution in [3.63, 3.8) is 0 Å². The number of aromatic hydroxyl groups is 1. The maximum atomic E-state index is 10.5. The van der Waals surface area contributed by atoms with Crippen molar-refractivity contribution in [2.75, 3.05) is 0 Å². The third-order valence-corrected chi connectivity index (χ3v) is 4.90. The molecule has 20 heavy (non-hydrogen) atoms. The van der Waals surface area contributed by atoms with Crippen molar-refractivity contribution in [1.29, 1.82) is 0 Å². The summed E-state index contributed by atoms with van der Waals surface area (Å²) in [6, 6.07) is 1.84. The summed E-state index contributed by atoms with van der Waals surface area (Å²) in [5, 5.41) is 10.5. The summed E-state index contributed by atoms with van der Waals surface area (Å²) < 4.78 is 0. The lowest BCUT2D eigenvalue weighted by Crippen LogP contribution is -2.23. The predicted octanol–water partition coefficient (Wildman–Crippen LogP) is 4.60. The Morgan fingerprint density at radius 1 is 0.950 bits per heavy atom. The second-order valence-corrected chi connectivity index (χ2v) is 9.79. The van der Waals surface area contributed by atoms with E-state index in [1.807, 2.05) is 13.0 Å². The van der Waals surface area contributed by atoms with Gasteiger partial charge in [-0.25, -0.2) is 0 Å². The zero-order valence-electron chi connectivity index (χ0n) is 13.3. The minimum Gasteiger partial charge on any atom is -0.507 e. The van der Waals surface area contributed by atoms with Gasteiger partial charge in [-0.3, -0.25) is 0 Å². The van der Waals surface area contributed by atoms with Crippen LogP contribution in [0.15, 0.2) is 11.0 Å². The Kier molecular flexibility index (Phi) is 5.19. The zero-order chi connectivity index (χ0) is 15.9. The van der Waals surface area contributed by atoms with E-state index in [2.05, 4.69) is 41.5 Å². The van der Waals surface area contributed by atoms with E-state index in [1.165, 1.54) is 0 Å². The summed E-state index contributed by atoms with van der Waals surface area (Å²) in [7, 11) is -2.08. The van der Waals surface area contributed by atoms with Crippen LogP contribution in [0.1, 0.15) is 58.2 Å². The second-order valence-electron chi connectivity index (χ2n) is 7.13. The number of benzene rings is 1. The third-order valence-electron chi connectivity index (χ3n) is 3.13. The lowest BCUT2D eigenvalue weighted by molar-refractivity contribution is 0.428. The molecule has 0 saturated heterocycles. The van der Waals surface area contributed by atoms with E-state index in [-0.39, 0.29) is 10.8 Å². The fourth-order valence-electron chi connectivity index (χ4n) is 2.41. The van der Waals surface area contributed by atoms with Gasteiger partial charge in [0.15, 0.2) is 0 Å². The molecule has 0 aliphatic heterocycles. The van der Waals surface area contributed by atoms with E-state index in [0.29, 0.717) is 5.75 Å². The van der Waals surface area contributed by atoms with Gasteiger partial charge in [-0.05, 0) is 46.3 Å². The van der Waals surface area contributed by atoms with Crippen molar-refractivity contribution in [3.8, 4) is 5.75 Å². The molecule has 0 unspecified atom stereocenters. The summed E-state index contributed by atoms with van der Waals surface area (Å²) in [5.41, 5.74) is 2.24. The summed E-state index contributed by atoms with van der Waals surface area (Å²) >= 11 is 1.07. The minimum atomic E-state index is -2.08. The molecule has 0 heterocycles. The topological polar surface area (TPSA) is 60.7 Å². The molecular weight excluding hydrogens is 291 g/mol. The van der Waals surface area contributed by atoms with Crippen molar-refractivity contribution >= 4 is 19.0 Å². The highest BCUT2D eigenvalue weighted by atomic mass is 32.7. The van der Waals surface area contributed by atoms with E-state index in [0.717, 1.165) is 33.0 Å². The molecule has 0 aliphatic rings. The van der Waals surface area contributed by atoms with Crippen molar-refractivity contribution in [2.45, 2.75) is 64.2 Å². The first-order valence-corrected chi connectivity index (χ1v) is 9.26. The molecule has 0 saturated carbocycles. The predicted molar refractivity (Wildman–Crippen MR) is 87.5 cm³/mol. The first kappa shape index (κ1) is 17.8. The molecule has 1 rings (SSSR count). The van der Waals surface area contributed by atoms with Gasteiger partial charge >= 0.3 is 0 Å². The Balaban J connectivity index is 3.75. The smallest absolute Gasteiger partial charge is 0.237 e. The summed E-state index contributed by atoms with van der Waals surface area (Å²) in [5.74, 6) is 0.312. The average Bonchev–Trinajstić information content (AvgIpc) is 2.18. The Labute approximate surface area is 127 Å². The van der Waals surface area contributed by atoms with Gasteiger partial charge in [0.25, 0.3) is 0 Å². The largest absolute Gasteiger partial charge is 0.507 e. The maximum absolute atomic E-state index is 10.5. The Morgan fingerprint density at radius 3 is 1.75 bits per heavy atom. The van der Waals surface area contributed by atoms with Gasteiger partial charge in [0, 0.05) is 10.5 Å². The van der Waals surface area contributed by atoms with E-state index < -0.39 is 7.58 Å². The number of rotatable bonds is 2. The molecule has 114 valence electrons. The number of aryl methyl sites for hydroxylation is 1. The van der Waals surface area contributed by atoms with Gasteiger partial charge in [0.2, 0.25) is 7.58 Å². The summed E-state index contributed by atoms with van der Waals surface area (Å²) in [6.45, 7) is 14.3. The van der Waals surface area contributed by atoms with Gasteiger partial charge in [0.05, 0.1) is 0 Å². The molecule has 0 spiro atoms. The second kappa shape index (κ2) is 5.84. The Hall–Kier alpha value is -0.280. The molecule has 1 aromatic carbocycles. The first-order chi connectivity index (χ1) is 8.85. The summed E-state index contributed by atoms with van der Waals surface area (Å²) in [6.07, 6.45) is 0. The fraction of sp³-hybridized carbons (Fsp3) is 0.600. The lowest BCUT2D eigenvalue weighted by atomic mass is 9.74. The van der Waals surface area contributed by atoms with Crippen LogP contribution in [0.25, 0.3) is 0 Å². The van der Waals surface area contributed by atoms with Crippen LogP contribution >= 0.6 is 19.0 Å². The molecule has 5 heteroatoms. The van der Waals surface area contributed by atoms with Crippen LogP contribution in [0.2, 0.25) is 0 Å². The molecule has 0 fully saturated rings. The van der Waals surface area contributed by atoms with Crippen LogP contribution in [0.4, 0.5) is 0 Å². The maximum Gasteiger partial charge on any atom is 0.237 e. The third kappa shape index (κ3) is 3.88. The van der Waals surface area contributed by atoms with Crippen molar-refractivity contribution in [1.82, 2.24) is 0 Å². The monoisotopic (exact) mass is 316 g/mol. The molecule has 0 radical (unpaired) electrons. The van der Waals surface area contributed by atoms with Gasteiger partial charge in [-0.15, -0.1) is 0 Å². The van der Waals surface area contributed by atoms with E-state index in [4.69, 9.17) is 0 Å². The number of phenols is 1. The zero-order valence-corrected chi connectivity index (χ0v) is 15.0. The molecule has 0 atom stereocenters. The van der Waals surface area contributed by atoms with Crippen LogP contribution in [0.5, 0.6) is 5.75 Å². The van der Waals surface area contributed by atoms with E-state index in [9.17, 15) is 14.9 Å². The quantitative estimate of drug-likeness (QED) is 0.698. The normalized spacial score (nSPS) is 13.1. The Morgan fingerprint density at radius 2 is 1.40 bits per heavy atom. The van der Waals surface area contributed by atoms with Gasteiger partial charge < -0.3 is 14.9 Å². The van der Waals surface area contributed by atoms with Crippen molar-refractivity contribution < 1.29 is 14.9 Å². The average molecular weight is 316 g/mol. The van der Waals surface area contributed by atoms with Gasteiger partial charge in [0.1, 0.15) is 5.75 Å². The highest BCUT2D eigenvalue weighted by Gasteiger charge is 2.32. The number of phenolic OH excluding ortho intramolecular Hbond substituents is 1. The molecule has 3 N–H and O–H groups in total. The van der Waals surface area contributed by atoms with E-state index >= 15 is 0 Å². The van der Waals surface area contributed by atoms with Crippen LogP contribution in [0.3, 0.4) is 0 Å². The number of hydrogen-bond acceptors (Lipinski definition) is 4. The van der Waals surface area contributed by atoms with Crippen LogP contribution < -0.4 is 0 Å².